The molecule has 1 aliphatic rings. The molecule has 1 saturated heterocycles. The van der Waals surface area contributed by atoms with Crippen molar-refractivity contribution in [1.82, 2.24) is 10.3 Å². The van der Waals surface area contributed by atoms with Gasteiger partial charge < -0.3 is 15.4 Å². The predicted octanol–water partition coefficient (Wildman–Crippen LogP) is 0.786. The van der Waals surface area contributed by atoms with Gasteiger partial charge in [-0.1, -0.05) is 0 Å². The number of rotatable bonds is 4. The normalized spacial score (nSPS) is 18.8. The molecule has 1 fully saturated rings. The molecule has 0 aromatic carbocycles. The fraction of sp³-hybridized carbons (Fsp3) is 0.500. The zero-order valence-electron chi connectivity index (χ0n) is 11.1. The van der Waals surface area contributed by atoms with Crippen LogP contribution in [0.3, 0.4) is 0 Å². The molecule has 110 valence electrons. The Morgan fingerprint density at radius 2 is 2.30 bits per heavy atom. The van der Waals surface area contributed by atoms with Crippen molar-refractivity contribution >= 4 is 21.6 Å². The van der Waals surface area contributed by atoms with Crippen LogP contribution < -0.4 is 10.6 Å². The molecule has 2 heterocycles. The Balaban J connectivity index is 1.84. The van der Waals surface area contributed by atoms with Crippen LogP contribution >= 0.6 is 0 Å². The van der Waals surface area contributed by atoms with Crippen molar-refractivity contribution in [1.29, 1.82) is 0 Å². The summed E-state index contributed by atoms with van der Waals surface area (Å²) in [7, 11) is -3.33. The van der Waals surface area contributed by atoms with Gasteiger partial charge in [-0.3, -0.25) is 0 Å². The van der Waals surface area contributed by atoms with Crippen molar-refractivity contribution in [2.24, 2.45) is 0 Å². The Hall–Kier alpha value is -1.67. The Morgan fingerprint density at radius 1 is 1.50 bits per heavy atom. The van der Waals surface area contributed by atoms with E-state index in [1.165, 1.54) is 18.3 Å². The van der Waals surface area contributed by atoms with Crippen LogP contribution in [0.1, 0.15) is 12.8 Å². The monoisotopic (exact) mass is 299 g/mol. The van der Waals surface area contributed by atoms with Crippen molar-refractivity contribution in [3.63, 3.8) is 0 Å². The van der Waals surface area contributed by atoms with Gasteiger partial charge in [0.05, 0.1) is 18.0 Å². The number of anilines is 1. The zero-order valence-corrected chi connectivity index (χ0v) is 11.9. The minimum Gasteiger partial charge on any atom is -0.376 e. The standard InChI is InChI=1S/C12H17N3O4S/c1-20(17,18)11-5-4-9(7-13-11)15-12(16)14-8-10-3-2-6-19-10/h4-5,7,10H,2-3,6,8H2,1H3,(H2,14,15,16)/t10-/m0/s1. The fourth-order valence-corrected chi connectivity index (χ4v) is 2.42. The van der Waals surface area contributed by atoms with Crippen LogP contribution in [0.15, 0.2) is 23.4 Å². The number of amides is 2. The van der Waals surface area contributed by atoms with Crippen molar-refractivity contribution in [3.05, 3.63) is 18.3 Å². The van der Waals surface area contributed by atoms with E-state index in [0.717, 1.165) is 25.7 Å². The second-order valence-corrected chi connectivity index (χ2v) is 6.59. The number of sulfone groups is 1. The molecule has 2 amide bonds. The Bertz CT molecular complexity index is 565. The number of nitrogens with one attached hydrogen (secondary N) is 2. The maximum atomic E-state index is 11.6. The van der Waals surface area contributed by atoms with Gasteiger partial charge >= 0.3 is 6.03 Å². The summed E-state index contributed by atoms with van der Waals surface area (Å²) in [5.41, 5.74) is 0.433. The summed E-state index contributed by atoms with van der Waals surface area (Å²) in [6, 6.07) is 2.48. The molecule has 7 nitrogen and oxygen atoms in total. The summed E-state index contributed by atoms with van der Waals surface area (Å²) < 4.78 is 27.9. The number of hydrogen-bond acceptors (Lipinski definition) is 5. The minimum absolute atomic E-state index is 0.0252. The van der Waals surface area contributed by atoms with Crippen LogP contribution in [-0.2, 0) is 14.6 Å². The number of carbonyl (C=O) groups excluding carboxylic acids is 1. The summed E-state index contributed by atoms with van der Waals surface area (Å²) in [4.78, 5) is 15.4. The third-order valence-corrected chi connectivity index (χ3v) is 3.89. The molecule has 2 N–H and O–H groups in total. The summed E-state index contributed by atoms with van der Waals surface area (Å²) in [5.74, 6) is 0. The lowest BCUT2D eigenvalue weighted by atomic mass is 10.2. The average Bonchev–Trinajstić information content (AvgIpc) is 2.89. The average molecular weight is 299 g/mol. The van der Waals surface area contributed by atoms with Crippen LogP contribution in [0, 0.1) is 0 Å². The minimum atomic E-state index is -3.33. The first kappa shape index (κ1) is 14.7. The van der Waals surface area contributed by atoms with Crippen molar-refractivity contribution in [2.45, 2.75) is 24.0 Å². The molecule has 0 unspecified atom stereocenters. The quantitative estimate of drug-likeness (QED) is 0.856. The van der Waals surface area contributed by atoms with Gasteiger partial charge in [0.2, 0.25) is 0 Å². The maximum absolute atomic E-state index is 11.6. The summed E-state index contributed by atoms with van der Waals surface area (Å²) in [6.45, 7) is 1.20. The molecular weight excluding hydrogens is 282 g/mol. The molecule has 1 aliphatic heterocycles. The number of hydrogen-bond donors (Lipinski definition) is 2. The molecule has 8 heteroatoms. The molecule has 0 bridgehead atoms. The van der Waals surface area contributed by atoms with E-state index >= 15 is 0 Å². The van der Waals surface area contributed by atoms with E-state index in [2.05, 4.69) is 15.6 Å². The lowest BCUT2D eigenvalue weighted by Crippen LogP contribution is -2.35. The van der Waals surface area contributed by atoms with E-state index in [1.807, 2.05) is 0 Å². The van der Waals surface area contributed by atoms with E-state index in [-0.39, 0.29) is 17.2 Å². The predicted molar refractivity (Wildman–Crippen MR) is 73.3 cm³/mol. The Labute approximate surface area is 117 Å². The summed E-state index contributed by atoms with van der Waals surface area (Å²) in [6.07, 6.45) is 4.43. The van der Waals surface area contributed by atoms with Gasteiger partial charge in [-0.15, -0.1) is 0 Å². The maximum Gasteiger partial charge on any atom is 0.319 e. The Morgan fingerprint density at radius 3 is 2.85 bits per heavy atom. The Kier molecular flexibility index (Phi) is 4.56. The van der Waals surface area contributed by atoms with Gasteiger partial charge in [-0.2, -0.15) is 0 Å². The number of ether oxygens (including phenoxy) is 1. The van der Waals surface area contributed by atoms with Gasteiger partial charge in [0.1, 0.15) is 0 Å². The lowest BCUT2D eigenvalue weighted by Gasteiger charge is -2.11. The van der Waals surface area contributed by atoms with E-state index in [1.54, 1.807) is 0 Å². The molecule has 1 aromatic rings. The zero-order chi connectivity index (χ0) is 14.6. The van der Waals surface area contributed by atoms with Gasteiger partial charge in [0.25, 0.3) is 0 Å². The first-order valence-corrected chi connectivity index (χ1v) is 8.17. The first-order valence-electron chi connectivity index (χ1n) is 6.28. The van der Waals surface area contributed by atoms with Gasteiger partial charge in [0.15, 0.2) is 14.9 Å². The molecule has 2 rings (SSSR count). The van der Waals surface area contributed by atoms with Crippen molar-refractivity contribution in [2.75, 3.05) is 24.7 Å². The van der Waals surface area contributed by atoms with E-state index in [9.17, 15) is 13.2 Å². The molecule has 0 saturated carbocycles. The highest BCUT2D eigenvalue weighted by Crippen LogP contribution is 2.11. The molecule has 0 spiro atoms. The van der Waals surface area contributed by atoms with E-state index in [4.69, 9.17) is 4.74 Å². The number of pyridine rings is 1. The van der Waals surface area contributed by atoms with Crippen LogP contribution in [0.5, 0.6) is 0 Å². The van der Waals surface area contributed by atoms with Gasteiger partial charge in [0, 0.05) is 19.4 Å². The number of nitrogens with zero attached hydrogens (tertiary/aromatic N) is 1. The first-order chi connectivity index (χ1) is 9.45. The van der Waals surface area contributed by atoms with Gasteiger partial charge in [-0.05, 0) is 25.0 Å². The van der Waals surface area contributed by atoms with Crippen molar-refractivity contribution < 1.29 is 17.9 Å². The molecule has 1 aromatic heterocycles. The topological polar surface area (TPSA) is 97.4 Å². The summed E-state index contributed by atoms with van der Waals surface area (Å²) in [5, 5.41) is 5.25. The van der Waals surface area contributed by atoms with Gasteiger partial charge in [-0.25, -0.2) is 18.2 Å². The number of urea groups is 1. The third kappa shape index (κ3) is 4.17. The highest BCUT2D eigenvalue weighted by Gasteiger charge is 2.16. The molecule has 1 atom stereocenters. The van der Waals surface area contributed by atoms with E-state index < -0.39 is 9.84 Å². The number of aromatic nitrogens is 1. The second-order valence-electron chi connectivity index (χ2n) is 4.63. The van der Waals surface area contributed by atoms with Crippen LogP contribution in [0.4, 0.5) is 10.5 Å². The van der Waals surface area contributed by atoms with Crippen LogP contribution in [0.2, 0.25) is 0 Å². The molecule has 20 heavy (non-hydrogen) atoms. The number of carbonyl (C=O) groups is 1. The van der Waals surface area contributed by atoms with Crippen molar-refractivity contribution in [3.8, 4) is 0 Å². The fourth-order valence-electron chi connectivity index (χ4n) is 1.86. The van der Waals surface area contributed by atoms with E-state index in [0.29, 0.717) is 12.2 Å². The van der Waals surface area contributed by atoms with Crippen LogP contribution in [-0.4, -0.2) is 44.9 Å². The molecule has 0 radical (unpaired) electrons. The SMILES string of the molecule is CS(=O)(=O)c1ccc(NC(=O)NC[C@@H]2CCCO2)cn1. The third-order valence-electron chi connectivity index (χ3n) is 2.89. The summed E-state index contributed by atoms with van der Waals surface area (Å²) >= 11 is 0. The largest absolute Gasteiger partial charge is 0.376 e. The highest BCUT2D eigenvalue weighted by molar-refractivity contribution is 7.90. The second kappa shape index (κ2) is 6.19. The van der Waals surface area contributed by atoms with Crippen LogP contribution in [0.25, 0.3) is 0 Å². The lowest BCUT2D eigenvalue weighted by molar-refractivity contribution is 0.112. The highest BCUT2D eigenvalue weighted by atomic mass is 32.2. The molecular formula is C12H17N3O4S. The smallest absolute Gasteiger partial charge is 0.319 e. The molecule has 0 aliphatic carbocycles.